The highest BCUT2D eigenvalue weighted by Crippen LogP contribution is 2.29. The average Bonchev–Trinajstić information content (AvgIpc) is 2.44. The maximum Gasteiger partial charge on any atom is 0.328 e. The number of urea groups is 1. The van der Waals surface area contributed by atoms with Crippen LogP contribution in [0.2, 0.25) is 0 Å². The molecule has 4 amide bonds. The largest absolute Gasteiger partial charge is 0.508 e. The number of rotatable bonds is 2. The van der Waals surface area contributed by atoms with Gasteiger partial charge in [-0.3, -0.25) is 20.2 Å². The molecule has 1 saturated heterocycles. The fraction of sp³-hybridized carbons (Fsp3) is 0.133. The Labute approximate surface area is 119 Å². The highest BCUT2D eigenvalue weighted by Gasteiger charge is 2.34. The van der Waals surface area contributed by atoms with Gasteiger partial charge in [0, 0.05) is 5.56 Å². The van der Waals surface area contributed by atoms with Gasteiger partial charge in [-0.2, -0.15) is 0 Å². The summed E-state index contributed by atoms with van der Waals surface area (Å²) in [4.78, 5) is 34.6. The molecule has 2 aromatic carbocycles. The number of barbiturate groups is 1. The van der Waals surface area contributed by atoms with E-state index in [1.807, 2.05) is 24.3 Å². The number of carbonyl (C=O) groups excluding carboxylic acids is 3. The van der Waals surface area contributed by atoms with Crippen molar-refractivity contribution in [3.8, 4) is 5.75 Å². The molecule has 3 rings (SSSR count). The van der Waals surface area contributed by atoms with Crippen LogP contribution in [0.5, 0.6) is 5.75 Å². The molecule has 0 aromatic heterocycles. The minimum absolute atomic E-state index is 0.0196. The number of carbonyl (C=O) groups is 3. The smallest absolute Gasteiger partial charge is 0.328 e. The summed E-state index contributed by atoms with van der Waals surface area (Å²) in [5.41, 5.74) is 0.512. The van der Waals surface area contributed by atoms with E-state index in [9.17, 15) is 19.5 Å². The lowest BCUT2D eigenvalue weighted by Crippen LogP contribution is -2.56. The van der Waals surface area contributed by atoms with Crippen LogP contribution in [0.15, 0.2) is 36.4 Å². The predicted molar refractivity (Wildman–Crippen MR) is 74.5 cm³/mol. The van der Waals surface area contributed by atoms with E-state index in [4.69, 9.17) is 0 Å². The first-order valence-electron chi connectivity index (χ1n) is 6.41. The molecule has 0 atom stereocenters. The minimum atomic E-state index is -1.04. The summed E-state index contributed by atoms with van der Waals surface area (Å²) in [6.45, 7) is 0. The van der Waals surface area contributed by atoms with Gasteiger partial charge in [0.25, 0.3) is 0 Å². The molecular formula is C15H12N2O4. The fourth-order valence-corrected chi connectivity index (χ4v) is 2.48. The molecule has 0 unspecified atom stereocenters. The molecule has 0 bridgehead atoms. The second kappa shape index (κ2) is 4.90. The highest BCUT2D eigenvalue weighted by atomic mass is 16.3. The molecule has 6 heteroatoms. The lowest BCUT2D eigenvalue weighted by molar-refractivity contribution is -0.135. The van der Waals surface area contributed by atoms with E-state index in [1.165, 1.54) is 6.07 Å². The van der Waals surface area contributed by atoms with E-state index in [0.717, 1.165) is 10.8 Å². The van der Waals surface area contributed by atoms with E-state index < -0.39 is 23.8 Å². The van der Waals surface area contributed by atoms with Gasteiger partial charge in [-0.05, 0) is 23.3 Å². The van der Waals surface area contributed by atoms with Crippen molar-refractivity contribution in [2.75, 3.05) is 0 Å². The molecule has 0 aliphatic carbocycles. The Kier molecular flexibility index (Phi) is 3.06. The molecule has 0 radical (unpaired) electrons. The van der Waals surface area contributed by atoms with Crippen LogP contribution in [0.1, 0.15) is 5.56 Å². The third-order valence-corrected chi connectivity index (χ3v) is 3.53. The van der Waals surface area contributed by atoms with Crippen LogP contribution in [-0.2, 0) is 16.0 Å². The Morgan fingerprint density at radius 2 is 1.62 bits per heavy atom. The Morgan fingerprint density at radius 1 is 0.952 bits per heavy atom. The molecule has 2 aromatic rings. The summed E-state index contributed by atoms with van der Waals surface area (Å²) >= 11 is 0. The second-order valence-corrected chi connectivity index (χ2v) is 4.85. The molecule has 6 nitrogen and oxygen atoms in total. The molecule has 3 N–H and O–H groups in total. The van der Waals surface area contributed by atoms with Crippen LogP contribution >= 0.6 is 0 Å². The zero-order chi connectivity index (χ0) is 15.0. The Balaban J connectivity index is 2.02. The van der Waals surface area contributed by atoms with Crippen molar-refractivity contribution in [1.82, 2.24) is 10.6 Å². The minimum Gasteiger partial charge on any atom is -0.508 e. The van der Waals surface area contributed by atoms with E-state index in [1.54, 1.807) is 6.07 Å². The summed E-state index contributed by atoms with van der Waals surface area (Å²) in [6.07, 6.45) is 0.0259. The van der Waals surface area contributed by atoms with Gasteiger partial charge in [0.2, 0.25) is 11.8 Å². The van der Waals surface area contributed by atoms with Gasteiger partial charge in [0.05, 0.1) is 0 Å². The summed E-state index contributed by atoms with van der Waals surface area (Å²) < 4.78 is 0. The first-order chi connectivity index (χ1) is 10.1. The fourth-order valence-electron chi connectivity index (χ4n) is 2.48. The molecule has 0 saturated carbocycles. The number of imide groups is 2. The number of aromatic hydroxyl groups is 1. The summed E-state index contributed by atoms with van der Waals surface area (Å²) in [5, 5.41) is 15.8. The van der Waals surface area contributed by atoms with Crippen molar-refractivity contribution < 1.29 is 19.5 Å². The monoisotopic (exact) mass is 284 g/mol. The molecule has 1 heterocycles. The highest BCUT2D eigenvalue weighted by molar-refractivity contribution is 6.16. The van der Waals surface area contributed by atoms with Crippen molar-refractivity contribution >= 4 is 28.6 Å². The van der Waals surface area contributed by atoms with Crippen molar-refractivity contribution in [2.45, 2.75) is 6.42 Å². The number of phenolic OH excluding ortho intramolecular Hbond substituents is 1. The maximum absolute atomic E-state index is 11.8. The second-order valence-electron chi connectivity index (χ2n) is 4.85. The van der Waals surface area contributed by atoms with Crippen molar-refractivity contribution in [2.24, 2.45) is 5.92 Å². The molecule has 0 spiro atoms. The Hall–Kier alpha value is -2.89. The van der Waals surface area contributed by atoms with Gasteiger partial charge in [-0.1, -0.05) is 30.3 Å². The number of nitrogens with one attached hydrogen (secondary N) is 2. The van der Waals surface area contributed by atoms with E-state index in [0.29, 0.717) is 5.56 Å². The summed E-state index contributed by atoms with van der Waals surface area (Å²) in [5.74, 6) is -2.34. The number of hydrogen-bond donors (Lipinski definition) is 3. The van der Waals surface area contributed by atoms with E-state index in [-0.39, 0.29) is 12.2 Å². The van der Waals surface area contributed by atoms with Gasteiger partial charge >= 0.3 is 6.03 Å². The SMILES string of the molecule is O=C1NC(=O)C(Cc2c(O)ccc3ccccc23)C(=O)N1. The molecule has 1 aliphatic heterocycles. The van der Waals surface area contributed by atoms with Crippen LogP contribution in [0.3, 0.4) is 0 Å². The standard InChI is InChI=1S/C15H12N2O4/c18-12-6-5-8-3-1-2-4-9(8)10(12)7-11-13(19)16-15(21)17-14(11)20/h1-6,11,18H,7H2,(H2,16,17,19,20,21). The number of benzene rings is 2. The maximum atomic E-state index is 11.8. The van der Waals surface area contributed by atoms with Crippen molar-refractivity contribution in [1.29, 1.82) is 0 Å². The Morgan fingerprint density at radius 3 is 2.33 bits per heavy atom. The van der Waals surface area contributed by atoms with Gasteiger partial charge in [0.15, 0.2) is 0 Å². The van der Waals surface area contributed by atoms with Crippen LogP contribution in [0.25, 0.3) is 10.8 Å². The molecule has 1 fully saturated rings. The predicted octanol–water partition coefficient (Wildman–Crippen LogP) is 1.07. The van der Waals surface area contributed by atoms with Crippen LogP contribution < -0.4 is 10.6 Å². The van der Waals surface area contributed by atoms with Gasteiger partial charge in [-0.25, -0.2) is 4.79 Å². The molecule has 21 heavy (non-hydrogen) atoms. The molecule has 106 valence electrons. The summed E-state index contributed by atoms with van der Waals surface area (Å²) in [6, 6.07) is 9.85. The first-order valence-corrected chi connectivity index (χ1v) is 6.41. The van der Waals surface area contributed by atoms with Gasteiger partial charge in [-0.15, -0.1) is 0 Å². The lowest BCUT2D eigenvalue weighted by atomic mass is 9.92. The zero-order valence-corrected chi connectivity index (χ0v) is 10.9. The molecular weight excluding hydrogens is 272 g/mol. The quantitative estimate of drug-likeness (QED) is 0.719. The topological polar surface area (TPSA) is 95.5 Å². The zero-order valence-electron chi connectivity index (χ0n) is 10.9. The van der Waals surface area contributed by atoms with Gasteiger partial charge in [0.1, 0.15) is 11.7 Å². The van der Waals surface area contributed by atoms with Crippen molar-refractivity contribution in [3.05, 3.63) is 42.0 Å². The van der Waals surface area contributed by atoms with E-state index >= 15 is 0 Å². The third-order valence-electron chi connectivity index (χ3n) is 3.53. The summed E-state index contributed by atoms with van der Waals surface area (Å²) in [7, 11) is 0. The molecule has 1 aliphatic rings. The number of hydrogen-bond acceptors (Lipinski definition) is 4. The number of amides is 4. The average molecular weight is 284 g/mol. The van der Waals surface area contributed by atoms with Crippen molar-refractivity contribution in [3.63, 3.8) is 0 Å². The first kappa shape index (κ1) is 13.1. The van der Waals surface area contributed by atoms with E-state index in [2.05, 4.69) is 10.6 Å². The third kappa shape index (κ3) is 2.31. The van der Waals surface area contributed by atoms with Crippen LogP contribution in [-0.4, -0.2) is 23.0 Å². The normalized spacial score (nSPS) is 15.9. The lowest BCUT2D eigenvalue weighted by Gasteiger charge is -2.21. The Bertz CT molecular complexity index is 749. The van der Waals surface area contributed by atoms with Gasteiger partial charge < -0.3 is 5.11 Å². The number of fused-ring (bicyclic) bond motifs is 1. The number of phenols is 1. The van der Waals surface area contributed by atoms with Crippen LogP contribution in [0.4, 0.5) is 4.79 Å². The van der Waals surface area contributed by atoms with Crippen LogP contribution in [0, 0.1) is 5.92 Å².